The summed E-state index contributed by atoms with van der Waals surface area (Å²) < 4.78 is 10.6. The fourth-order valence-corrected chi connectivity index (χ4v) is 3.09. The maximum absolute atomic E-state index is 11.1. The summed E-state index contributed by atoms with van der Waals surface area (Å²) in [5.74, 6) is 0.272. The molecule has 1 N–H and O–H groups in total. The van der Waals surface area contributed by atoms with E-state index in [1.54, 1.807) is 12.1 Å². The van der Waals surface area contributed by atoms with E-state index in [0.29, 0.717) is 31.2 Å². The average molecular weight is 352 g/mol. The zero-order chi connectivity index (χ0) is 18.2. The number of nitro benzene ring substituents is 1. The molecule has 8 heteroatoms. The van der Waals surface area contributed by atoms with Crippen LogP contribution in [0.25, 0.3) is 0 Å². The Morgan fingerprint density at radius 2 is 2.28 bits per heavy atom. The summed E-state index contributed by atoms with van der Waals surface area (Å²) in [5, 5.41) is 19.9. The Hall–Kier alpha value is -2.35. The molecule has 25 heavy (non-hydrogen) atoms. The van der Waals surface area contributed by atoms with Gasteiger partial charge in [-0.2, -0.15) is 0 Å². The van der Waals surface area contributed by atoms with Gasteiger partial charge in [-0.15, -0.1) is 0 Å². The van der Waals surface area contributed by atoms with Crippen LogP contribution in [0, 0.1) is 16.0 Å². The molecule has 0 saturated carbocycles. The molecule has 0 aromatic heterocycles. The van der Waals surface area contributed by atoms with Gasteiger partial charge in [0.2, 0.25) is 0 Å². The Morgan fingerprint density at radius 1 is 1.48 bits per heavy atom. The van der Waals surface area contributed by atoms with Crippen molar-refractivity contribution in [2.24, 2.45) is 5.92 Å². The van der Waals surface area contributed by atoms with Crippen molar-refractivity contribution in [1.29, 1.82) is 0 Å². The average Bonchev–Trinajstić information content (AvgIpc) is 2.60. The first-order valence-electron chi connectivity index (χ1n) is 8.39. The molecule has 0 amide bonds. The predicted molar refractivity (Wildman–Crippen MR) is 91.2 cm³/mol. The van der Waals surface area contributed by atoms with Gasteiger partial charge in [0.1, 0.15) is 12.4 Å². The lowest BCUT2D eigenvalue weighted by Gasteiger charge is -2.32. The zero-order valence-electron chi connectivity index (χ0n) is 14.3. The second kappa shape index (κ2) is 9.22. The molecule has 2 rings (SSSR count). The maximum atomic E-state index is 11.1. The van der Waals surface area contributed by atoms with Gasteiger partial charge in [0.25, 0.3) is 0 Å². The number of nitrogens with zero attached hydrogens (tertiary/aromatic N) is 2. The largest absolute Gasteiger partial charge is 0.496 e. The minimum absolute atomic E-state index is 0.114. The molecule has 1 aliphatic rings. The molecule has 1 heterocycles. The molecular formula is C17H24N2O6. The van der Waals surface area contributed by atoms with Crippen molar-refractivity contribution in [1.82, 2.24) is 4.90 Å². The van der Waals surface area contributed by atoms with Gasteiger partial charge >= 0.3 is 11.7 Å². The zero-order valence-corrected chi connectivity index (χ0v) is 14.3. The molecule has 0 aliphatic carbocycles. The van der Waals surface area contributed by atoms with Crippen molar-refractivity contribution in [3.63, 3.8) is 0 Å². The van der Waals surface area contributed by atoms with E-state index in [-0.39, 0.29) is 17.9 Å². The van der Waals surface area contributed by atoms with Crippen LogP contribution < -0.4 is 9.47 Å². The van der Waals surface area contributed by atoms with Crippen LogP contribution in [0.15, 0.2) is 18.2 Å². The number of hydrogen-bond donors (Lipinski definition) is 1. The molecule has 1 aromatic rings. The first-order valence-corrected chi connectivity index (χ1v) is 8.39. The number of methoxy groups -OCH3 is 1. The minimum Gasteiger partial charge on any atom is -0.496 e. The normalized spacial score (nSPS) is 17.9. The highest BCUT2D eigenvalue weighted by Gasteiger charge is 2.21. The van der Waals surface area contributed by atoms with Crippen LogP contribution in [-0.2, 0) is 4.79 Å². The minimum atomic E-state index is -0.757. The molecule has 0 spiro atoms. The fraction of sp³-hybridized carbons (Fsp3) is 0.588. The molecule has 1 aromatic carbocycles. The van der Waals surface area contributed by atoms with Crippen LogP contribution >= 0.6 is 0 Å². The summed E-state index contributed by atoms with van der Waals surface area (Å²) in [4.78, 5) is 23.6. The molecule has 1 fully saturated rings. The third-order valence-corrected chi connectivity index (χ3v) is 4.40. The van der Waals surface area contributed by atoms with Crippen molar-refractivity contribution < 1.29 is 24.3 Å². The van der Waals surface area contributed by atoms with Crippen molar-refractivity contribution in [3.8, 4) is 11.5 Å². The number of carbonyl (C=O) groups is 1. The Bertz CT molecular complexity index is 607. The predicted octanol–water partition coefficient (Wildman–Crippen LogP) is 2.56. The van der Waals surface area contributed by atoms with Crippen LogP contribution in [0.1, 0.15) is 25.7 Å². The Morgan fingerprint density at radius 3 is 2.96 bits per heavy atom. The summed E-state index contributed by atoms with van der Waals surface area (Å²) >= 11 is 0. The number of piperidine rings is 1. The van der Waals surface area contributed by atoms with E-state index >= 15 is 0 Å². The molecule has 0 radical (unpaired) electrons. The van der Waals surface area contributed by atoms with Gasteiger partial charge < -0.3 is 14.6 Å². The molecule has 1 unspecified atom stereocenters. The number of aliphatic carboxylic acids is 1. The molecule has 0 bridgehead atoms. The first-order chi connectivity index (χ1) is 12.0. The number of ether oxygens (including phenoxy) is 2. The Balaban J connectivity index is 1.84. The van der Waals surface area contributed by atoms with Gasteiger partial charge in [0.05, 0.1) is 18.1 Å². The molecular weight excluding hydrogens is 328 g/mol. The topological polar surface area (TPSA) is 102 Å². The van der Waals surface area contributed by atoms with Crippen LogP contribution in [0.3, 0.4) is 0 Å². The quantitative estimate of drug-likeness (QED) is 0.538. The van der Waals surface area contributed by atoms with Gasteiger partial charge in [-0.3, -0.25) is 19.8 Å². The van der Waals surface area contributed by atoms with E-state index in [2.05, 4.69) is 4.90 Å². The molecule has 8 nitrogen and oxygen atoms in total. The molecule has 1 aliphatic heterocycles. The van der Waals surface area contributed by atoms with Gasteiger partial charge in [-0.05, 0) is 43.9 Å². The summed E-state index contributed by atoms with van der Waals surface area (Å²) in [6.45, 7) is 2.80. The van der Waals surface area contributed by atoms with Crippen molar-refractivity contribution in [3.05, 3.63) is 28.3 Å². The van der Waals surface area contributed by atoms with Crippen molar-refractivity contribution >= 4 is 11.7 Å². The van der Waals surface area contributed by atoms with Crippen LogP contribution in [0.2, 0.25) is 0 Å². The maximum Gasteiger partial charge on any atom is 0.314 e. The highest BCUT2D eigenvalue weighted by Crippen LogP contribution is 2.31. The third-order valence-electron chi connectivity index (χ3n) is 4.40. The highest BCUT2D eigenvalue weighted by molar-refractivity contribution is 5.66. The summed E-state index contributed by atoms with van der Waals surface area (Å²) in [6, 6.07) is 4.52. The molecule has 138 valence electrons. The summed E-state index contributed by atoms with van der Waals surface area (Å²) in [5.41, 5.74) is -0.114. The number of hydrogen-bond acceptors (Lipinski definition) is 6. The van der Waals surface area contributed by atoms with Crippen LogP contribution in [-0.4, -0.2) is 54.3 Å². The lowest BCUT2D eigenvalue weighted by atomic mass is 9.93. The number of carboxylic acid groups (broad SMARTS) is 1. The standard InChI is InChI=1S/C17H24N2O6/c1-24-14-5-6-16(15(11-14)19(22)23)25-10-9-18-8-2-3-13(12-18)4-7-17(20)21/h5-6,11,13H,2-4,7-10,12H2,1H3,(H,20,21). The van der Waals surface area contributed by atoms with Gasteiger partial charge in [-0.25, -0.2) is 0 Å². The van der Waals surface area contributed by atoms with Crippen molar-refractivity contribution in [2.75, 3.05) is 33.4 Å². The lowest BCUT2D eigenvalue weighted by molar-refractivity contribution is -0.385. The third kappa shape index (κ3) is 5.90. The van der Waals surface area contributed by atoms with Gasteiger partial charge in [0.15, 0.2) is 5.75 Å². The van der Waals surface area contributed by atoms with E-state index in [9.17, 15) is 14.9 Å². The second-order valence-corrected chi connectivity index (χ2v) is 6.18. The van der Waals surface area contributed by atoms with Gasteiger partial charge in [0, 0.05) is 19.5 Å². The number of benzene rings is 1. The molecule has 1 atom stereocenters. The van der Waals surface area contributed by atoms with Crippen molar-refractivity contribution in [2.45, 2.75) is 25.7 Å². The van der Waals surface area contributed by atoms with E-state index in [1.165, 1.54) is 13.2 Å². The SMILES string of the molecule is COc1ccc(OCCN2CCCC(CCC(=O)O)C2)c([N+](=O)[O-])c1. The fourth-order valence-electron chi connectivity index (χ4n) is 3.09. The first kappa shape index (κ1) is 19.0. The Kier molecular flexibility index (Phi) is 7.00. The highest BCUT2D eigenvalue weighted by atomic mass is 16.6. The summed E-state index contributed by atoms with van der Waals surface area (Å²) in [7, 11) is 1.46. The smallest absolute Gasteiger partial charge is 0.314 e. The van der Waals surface area contributed by atoms with E-state index < -0.39 is 10.9 Å². The lowest BCUT2D eigenvalue weighted by Crippen LogP contribution is -2.38. The number of carboxylic acids is 1. The van der Waals surface area contributed by atoms with E-state index in [1.807, 2.05) is 0 Å². The number of likely N-dealkylation sites (tertiary alicyclic amines) is 1. The monoisotopic (exact) mass is 352 g/mol. The second-order valence-electron chi connectivity index (χ2n) is 6.18. The Labute approximate surface area is 146 Å². The number of nitro groups is 1. The summed E-state index contributed by atoms with van der Waals surface area (Å²) in [6.07, 6.45) is 2.98. The van der Waals surface area contributed by atoms with Crippen LogP contribution in [0.5, 0.6) is 11.5 Å². The van der Waals surface area contributed by atoms with Gasteiger partial charge in [-0.1, -0.05) is 0 Å². The van der Waals surface area contributed by atoms with E-state index in [0.717, 1.165) is 25.9 Å². The van der Waals surface area contributed by atoms with Crippen LogP contribution in [0.4, 0.5) is 5.69 Å². The molecule has 1 saturated heterocycles. The van der Waals surface area contributed by atoms with E-state index in [4.69, 9.17) is 14.6 Å². The number of rotatable bonds is 9.